The molecule has 2 aliphatic heterocycles. The molecule has 35 heavy (non-hydrogen) atoms. The maximum absolute atomic E-state index is 13.0. The third kappa shape index (κ3) is 5.48. The van der Waals surface area contributed by atoms with E-state index >= 15 is 0 Å². The number of nitrogens with zero attached hydrogens (tertiary/aromatic N) is 2. The number of piperazine rings is 1. The van der Waals surface area contributed by atoms with Gasteiger partial charge in [0.15, 0.2) is 0 Å². The van der Waals surface area contributed by atoms with Crippen LogP contribution in [-0.2, 0) is 6.18 Å². The maximum atomic E-state index is 13.0. The molecule has 8 heteroatoms. The van der Waals surface area contributed by atoms with Gasteiger partial charge in [-0.1, -0.05) is 6.07 Å². The first-order valence-electron chi connectivity index (χ1n) is 12.2. The monoisotopic (exact) mass is 490 g/mol. The molecule has 1 N–H and O–H groups in total. The first-order chi connectivity index (χ1) is 16.6. The summed E-state index contributed by atoms with van der Waals surface area (Å²) in [4.78, 5) is 17.3. The quantitative estimate of drug-likeness (QED) is 0.631. The van der Waals surface area contributed by atoms with Crippen molar-refractivity contribution in [2.75, 3.05) is 26.2 Å². The minimum Gasteiger partial charge on any atom is -0.491 e. The summed E-state index contributed by atoms with van der Waals surface area (Å²) in [7, 11) is 0. The minimum atomic E-state index is -4.41. The normalized spacial score (nSPS) is 22.0. The molecule has 2 aromatic rings. The number of halogens is 3. The van der Waals surface area contributed by atoms with Crippen LogP contribution >= 0.6 is 0 Å². The molecule has 0 aromatic heterocycles. The van der Waals surface area contributed by atoms with Gasteiger partial charge in [-0.2, -0.15) is 13.2 Å². The van der Waals surface area contributed by atoms with E-state index in [4.69, 9.17) is 4.74 Å². The summed E-state index contributed by atoms with van der Waals surface area (Å²) in [5.41, 5.74) is 3.06. The van der Waals surface area contributed by atoms with E-state index < -0.39 is 17.8 Å². The highest BCUT2D eigenvalue weighted by atomic mass is 19.4. The molecule has 0 radical (unpaired) electrons. The molecule has 0 spiro atoms. The molecule has 0 bridgehead atoms. The Bertz CT molecular complexity index is 1050. The van der Waals surface area contributed by atoms with Gasteiger partial charge in [0.25, 0.3) is 5.91 Å². The van der Waals surface area contributed by atoms with Gasteiger partial charge in [-0.25, -0.2) is 0 Å². The van der Waals surface area contributed by atoms with Crippen molar-refractivity contribution in [2.24, 2.45) is 0 Å². The van der Waals surface area contributed by atoms with Crippen LogP contribution in [0.15, 0.2) is 36.4 Å². The first kappa shape index (κ1) is 25.5. The predicted molar refractivity (Wildman–Crippen MR) is 128 cm³/mol. The summed E-state index contributed by atoms with van der Waals surface area (Å²) in [6.07, 6.45) is -1.87. The van der Waals surface area contributed by atoms with Crippen LogP contribution in [0.5, 0.6) is 5.75 Å². The van der Waals surface area contributed by atoms with E-state index in [1.54, 1.807) is 11.8 Å². The van der Waals surface area contributed by atoms with Crippen molar-refractivity contribution in [3.05, 3.63) is 64.2 Å². The lowest BCUT2D eigenvalue weighted by Crippen LogP contribution is -2.57. The Morgan fingerprint density at radius 2 is 1.80 bits per heavy atom. The summed E-state index contributed by atoms with van der Waals surface area (Å²) in [5, 5.41) is 9.53. The van der Waals surface area contributed by atoms with Gasteiger partial charge in [0.2, 0.25) is 0 Å². The summed E-state index contributed by atoms with van der Waals surface area (Å²) in [6.45, 7) is 7.93. The lowest BCUT2D eigenvalue weighted by Gasteiger charge is -2.49. The fraction of sp³-hybridized carbons (Fsp3) is 0.519. The largest absolute Gasteiger partial charge is 0.491 e. The number of ether oxygens (including phenoxy) is 1. The second kappa shape index (κ2) is 10.2. The van der Waals surface area contributed by atoms with Crippen molar-refractivity contribution in [3.8, 4) is 5.75 Å². The molecule has 2 fully saturated rings. The van der Waals surface area contributed by atoms with Gasteiger partial charge in [-0.3, -0.25) is 9.69 Å². The summed E-state index contributed by atoms with van der Waals surface area (Å²) in [5.74, 6) is 0.568. The van der Waals surface area contributed by atoms with E-state index in [9.17, 15) is 23.1 Å². The first-order valence-corrected chi connectivity index (χ1v) is 12.2. The number of carbonyl (C=O) groups is 1. The van der Waals surface area contributed by atoms with Gasteiger partial charge < -0.3 is 14.7 Å². The molecule has 2 saturated heterocycles. The van der Waals surface area contributed by atoms with Crippen LogP contribution in [0.4, 0.5) is 13.2 Å². The van der Waals surface area contributed by atoms with E-state index in [1.807, 2.05) is 13.0 Å². The van der Waals surface area contributed by atoms with Crippen LogP contribution < -0.4 is 4.74 Å². The van der Waals surface area contributed by atoms with E-state index in [-0.39, 0.29) is 30.2 Å². The van der Waals surface area contributed by atoms with Crippen LogP contribution in [-0.4, -0.2) is 59.2 Å². The smallest absolute Gasteiger partial charge is 0.416 e. The molecule has 0 aliphatic carbocycles. The highest BCUT2D eigenvalue weighted by Gasteiger charge is 2.38. The number of fused-ring (bicyclic) bond motifs is 1. The Labute approximate surface area is 204 Å². The molecule has 2 heterocycles. The fourth-order valence-electron chi connectivity index (χ4n) is 5.30. The molecule has 1 unspecified atom stereocenters. The third-order valence-corrected chi connectivity index (χ3v) is 7.31. The molecule has 2 aromatic carbocycles. The van der Waals surface area contributed by atoms with Gasteiger partial charge in [0, 0.05) is 37.3 Å². The molecule has 5 nitrogen and oxygen atoms in total. The molecule has 3 atom stereocenters. The topological polar surface area (TPSA) is 53.0 Å². The van der Waals surface area contributed by atoms with Gasteiger partial charge in [-0.15, -0.1) is 0 Å². The lowest BCUT2D eigenvalue weighted by molar-refractivity contribution is -0.137. The van der Waals surface area contributed by atoms with E-state index in [0.29, 0.717) is 13.1 Å². The molecular weight excluding hydrogens is 457 g/mol. The van der Waals surface area contributed by atoms with Crippen LogP contribution in [0, 0.1) is 13.8 Å². The van der Waals surface area contributed by atoms with Crippen molar-refractivity contribution in [2.45, 2.75) is 64.4 Å². The van der Waals surface area contributed by atoms with Crippen molar-refractivity contribution in [1.29, 1.82) is 0 Å². The highest BCUT2D eigenvalue weighted by molar-refractivity contribution is 5.94. The standard InChI is InChI=1S/C27H33F3N2O3/c1-17(33)16-35-25-12-11-23(18(2)19(25)3)24-6-4-5-22-15-31(13-14-32(22)24)26(34)20-7-9-21(10-8-20)27(28,29)30/h7-12,17,22,24,33H,4-6,13-16H2,1-3H3/t17-,22-,24?/m0/s1. The van der Waals surface area contributed by atoms with Crippen molar-refractivity contribution < 1.29 is 27.8 Å². The third-order valence-electron chi connectivity index (χ3n) is 7.31. The zero-order valence-electron chi connectivity index (χ0n) is 20.4. The number of rotatable bonds is 5. The van der Waals surface area contributed by atoms with Crippen molar-refractivity contribution >= 4 is 5.91 Å². The average molecular weight is 491 g/mol. The molecule has 2 aliphatic rings. The number of piperidine rings is 1. The van der Waals surface area contributed by atoms with Gasteiger partial charge in [0.1, 0.15) is 12.4 Å². The zero-order valence-corrected chi connectivity index (χ0v) is 20.4. The second-order valence-corrected chi connectivity index (χ2v) is 9.73. The maximum Gasteiger partial charge on any atom is 0.416 e. The minimum absolute atomic E-state index is 0.215. The number of hydrogen-bond acceptors (Lipinski definition) is 4. The van der Waals surface area contributed by atoms with Crippen LogP contribution in [0.1, 0.15) is 64.8 Å². The van der Waals surface area contributed by atoms with Crippen LogP contribution in [0.3, 0.4) is 0 Å². The Kier molecular flexibility index (Phi) is 7.43. The van der Waals surface area contributed by atoms with E-state index in [0.717, 1.165) is 49.3 Å². The molecule has 1 amide bonds. The number of benzene rings is 2. The summed E-state index contributed by atoms with van der Waals surface area (Å²) in [6, 6.07) is 9.05. The Morgan fingerprint density at radius 3 is 2.46 bits per heavy atom. The van der Waals surface area contributed by atoms with Crippen molar-refractivity contribution in [1.82, 2.24) is 9.80 Å². The number of alkyl halides is 3. The number of amides is 1. The SMILES string of the molecule is Cc1c(OC[C@H](C)O)ccc(C2CCC[C@H]3CN(C(=O)c4ccc(C(F)(F)F)cc4)CCN23)c1C. The van der Waals surface area contributed by atoms with E-state index in [1.165, 1.54) is 23.3 Å². The predicted octanol–water partition coefficient (Wildman–Crippen LogP) is 5.13. The summed E-state index contributed by atoms with van der Waals surface area (Å²) < 4.78 is 44.4. The Morgan fingerprint density at radius 1 is 1.09 bits per heavy atom. The average Bonchev–Trinajstić information content (AvgIpc) is 2.83. The number of aliphatic hydroxyl groups is 1. The number of hydrogen-bond donors (Lipinski definition) is 1. The Hall–Kier alpha value is -2.58. The van der Waals surface area contributed by atoms with Gasteiger partial charge in [0.05, 0.1) is 11.7 Å². The Balaban J connectivity index is 1.46. The van der Waals surface area contributed by atoms with E-state index in [2.05, 4.69) is 17.9 Å². The van der Waals surface area contributed by atoms with Gasteiger partial charge >= 0.3 is 6.18 Å². The summed E-state index contributed by atoms with van der Waals surface area (Å²) >= 11 is 0. The molecule has 190 valence electrons. The number of aliphatic hydroxyl groups excluding tert-OH is 1. The van der Waals surface area contributed by atoms with Gasteiger partial charge in [-0.05, 0) is 87.1 Å². The zero-order chi connectivity index (χ0) is 25.3. The molecule has 4 rings (SSSR count). The highest BCUT2D eigenvalue weighted by Crippen LogP contribution is 2.39. The van der Waals surface area contributed by atoms with Crippen LogP contribution in [0.25, 0.3) is 0 Å². The van der Waals surface area contributed by atoms with Crippen LogP contribution in [0.2, 0.25) is 0 Å². The fourth-order valence-corrected chi connectivity index (χ4v) is 5.30. The molecular formula is C27H33F3N2O3. The second-order valence-electron chi connectivity index (χ2n) is 9.73. The van der Waals surface area contributed by atoms with Crippen molar-refractivity contribution in [3.63, 3.8) is 0 Å². The molecule has 0 saturated carbocycles. The lowest BCUT2D eigenvalue weighted by atomic mass is 9.86. The number of carbonyl (C=O) groups excluding carboxylic acids is 1.